The highest BCUT2D eigenvalue weighted by Crippen LogP contribution is 2.29. The van der Waals surface area contributed by atoms with Gasteiger partial charge in [0.15, 0.2) is 15.6 Å². The third-order valence-corrected chi connectivity index (χ3v) is 7.84. The van der Waals surface area contributed by atoms with Gasteiger partial charge in [0, 0.05) is 43.3 Å². The molecular formula is C22H23N3O4S. The first kappa shape index (κ1) is 19.3. The topological polar surface area (TPSA) is 83.7 Å². The van der Waals surface area contributed by atoms with Crippen LogP contribution in [0.25, 0.3) is 22.2 Å². The van der Waals surface area contributed by atoms with Crippen LogP contribution in [0.3, 0.4) is 0 Å². The van der Waals surface area contributed by atoms with E-state index in [9.17, 15) is 13.2 Å². The first-order valence-corrected chi connectivity index (χ1v) is 12.0. The van der Waals surface area contributed by atoms with E-state index in [2.05, 4.69) is 10.1 Å². The van der Waals surface area contributed by atoms with Crippen LogP contribution in [0.1, 0.15) is 16.8 Å². The second-order valence-corrected chi connectivity index (χ2v) is 10.2. The Morgan fingerprint density at radius 2 is 1.80 bits per heavy atom. The van der Waals surface area contributed by atoms with E-state index >= 15 is 0 Å². The lowest BCUT2D eigenvalue weighted by molar-refractivity contribution is 0.0588. The molecule has 2 aliphatic heterocycles. The summed E-state index contributed by atoms with van der Waals surface area (Å²) >= 11 is 0. The number of fused-ring (bicyclic) bond motifs is 1. The predicted octanol–water partition coefficient (Wildman–Crippen LogP) is 2.44. The van der Waals surface area contributed by atoms with Crippen molar-refractivity contribution < 1.29 is 17.7 Å². The molecule has 7 nitrogen and oxygen atoms in total. The van der Waals surface area contributed by atoms with Crippen molar-refractivity contribution in [2.45, 2.75) is 12.5 Å². The number of carbonyl (C=O) groups is 1. The zero-order chi connectivity index (χ0) is 20.7. The fourth-order valence-electron chi connectivity index (χ4n) is 4.41. The van der Waals surface area contributed by atoms with Crippen LogP contribution in [0.15, 0.2) is 53.1 Å². The zero-order valence-corrected chi connectivity index (χ0v) is 17.3. The van der Waals surface area contributed by atoms with Crippen molar-refractivity contribution in [1.29, 1.82) is 0 Å². The number of carbonyl (C=O) groups excluding carboxylic acids is 1. The molecule has 2 saturated heterocycles. The van der Waals surface area contributed by atoms with E-state index in [4.69, 9.17) is 4.52 Å². The minimum Gasteiger partial charge on any atom is -0.355 e. The molecule has 0 spiro atoms. The summed E-state index contributed by atoms with van der Waals surface area (Å²) in [5, 5.41) is 4.94. The summed E-state index contributed by atoms with van der Waals surface area (Å²) in [5.41, 5.74) is 2.25. The second kappa shape index (κ2) is 7.52. The Bertz CT molecular complexity index is 1180. The summed E-state index contributed by atoms with van der Waals surface area (Å²) < 4.78 is 29.0. The normalized spacial score (nSPS) is 21.9. The number of aromatic nitrogens is 1. The fourth-order valence-corrected chi connectivity index (χ4v) is 6.17. The predicted molar refractivity (Wildman–Crippen MR) is 114 cm³/mol. The molecule has 0 radical (unpaired) electrons. The third kappa shape index (κ3) is 3.61. The molecule has 156 valence electrons. The maximum atomic E-state index is 13.1. The minimum atomic E-state index is -2.90. The van der Waals surface area contributed by atoms with E-state index in [1.54, 1.807) is 6.07 Å². The Balaban J connectivity index is 1.32. The fraction of sp³-hybridized carbons (Fsp3) is 0.364. The first-order chi connectivity index (χ1) is 14.5. The summed E-state index contributed by atoms with van der Waals surface area (Å²) in [7, 11) is -2.90. The monoisotopic (exact) mass is 425 g/mol. The smallest absolute Gasteiger partial charge is 0.253 e. The highest BCUT2D eigenvalue weighted by Gasteiger charge is 2.34. The molecule has 1 aromatic heterocycles. The SMILES string of the molecule is O=C(c1ccc2noc(-c3ccccc3)c2c1)N1CCN(C2CCS(=O)(=O)C2)CC1. The van der Waals surface area contributed by atoms with Gasteiger partial charge in [0.1, 0.15) is 5.52 Å². The number of sulfone groups is 1. The molecule has 3 aromatic rings. The van der Waals surface area contributed by atoms with Crippen molar-refractivity contribution in [3.8, 4) is 11.3 Å². The van der Waals surface area contributed by atoms with Crippen LogP contribution >= 0.6 is 0 Å². The van der Waals surface area contributed by atoms with Crippen LogP contribution in [0, 0.1) is 0 Å². The van der Waals surface area contributed by atoms with E-state index in [-0.39, 0.29) is 23.5 Å². The van der Waals surface area contributed by atoms with E-state index in [0.29, 0.717) is 43.9 Å². The lowest BCUT2D eigenvalue weighted by Crippen LogP contribution is -2.52. The summed E-state index contributed by atoms with van der Waals surface area (Å²) in [6, 6.07) is 15.3. The Morgan fingerprint density at radius 1 is 1.03 bits per heavy atom. The van der Waals surface area contributed by atoms with Gasteiger partial charge in [-0.1, -0.05) is 35.5 Å². The molecule has 5 rings (SSSR count). The van der Waals surface area contributed by atoms with Crippen molar-refractivity contribution in [3.63, 3.8) is 0 Å². The van der Waals surface area contributed by atoms with Crippen LogP contribution in [-0.2, 0) is 9.84 Å². The van der Waals surface area contributed by atoms with Crippen molar-refractivity contribution in [1.82, 2.24) is 15.0 Å². The average molecular weight is 426 g/mol. The van der Waals surface area contributed by atoms with Crippen molar-refractivity contribution in [3.05, 3.63) is 54.1 Å². The van der Waals surface area contributed by atoms with Gasteiger partial charge in [-0.15, -0.1) is 0 Å². The van der Waals surface area contributed by atoms with Gasteiger partial charge in [-0.3, -0.25) is 9.69 Å². The van der Waals surface area contributed by atoms with Gasteiger partial charge in [-0.05, 0) is 24.6 Å². The number of hydrogen-bond acceptors (Lipinski definition) is 6. The molecule has 1 amide bonds. The number of rotatable bonds is 3. The van der Waals surface area contributed by atoms with Gasteiger partial charge < -0.3 is 9.42 Å². The number of amides is 1. The quantitative estimate of drug-likeness (QED) is 0.641. The van der Waals surface area contributed by atoms with E-state index in [1.807, 2.05) is 47.4 Å². The molecule has 0 N–H and O–H groups in total. The van der Waals surface area contributed by atoms with Crippen LogP contribution in [0.5, 0.6) is 0 Å². The molecule has 0 bridgehead atoms. The lowest BCUT2D eigenvalue weighted by atomic mass is 10.1. The third-order valence-electron chi connectivity index (χ3n) is 6.09. The van der Waals surface area contributed by atoms with E-state index < -0.39 is 9.84 Å². The Kier molecular flexibility index (Phi) is 4.83. The summed E-state index contributed by atoms with van der Waals surface area (Å²) in [5.74, 6) is 1.16. The Morgan fingerprint density at radius 3 is 2.50 bits per heavy atom. The van der Waals surface area contributed by atoms with Crippen LogP contribution in [0.2, 0.25) is 0 Å². The Labute approximate surface area is 175 Å². The summed E-state index contributed by atoms with van der Waals surface area (Å²) in [4.78, 5) is 17.2. The second-order valence-electron chi connectivity index (χ2n) is 7.99. The molecule has 2 aliphatic rings. The van der Waals surface area contributed by atoms with Gasteiger partial charge in [0.05, 0.1) is 16.9 Å². The van der Waals surface area contributed by atoms with Crippen LogP contribution < -0.4 is 0 Å². The number of nitrogens with zero attached hydrogens (tertiary/aromatic N) is 3. The maximum absolute atomic E-state index is 13.1. The molecule has 2 fully saturated rings. The highest BCUT2D eigenvalue weighted by molar-refractivity contribution is 7.91. The van der Waals surface area contributed by atoms with Crippen molar-refractivity contribution in [2.24, 2.45) is 0 Å². The van der Waals surface area contributed by atoms with E-state index in [0.717, 1.165) is 16.5 Å². The summed E-state index contributed by atoms with van der Waals surface area (Å²) in [6.07, 6.45) is 0.697. The maximum Gasteiger partial charge on any atom is 0.253 e. The molecule has 0 saturated carbocycles. The molecule has 0 aliphatic carbocycles. The highest BCUT2D eigenvalue weighted by atomic mass is 32.2. The first-order valence-electron chi connectivity index (χ1n) is 10.2. The van der Waals surface area contributed by atoms with Gasteiger partial charge in [-0.25, -0.2) is 8.42 Å². The molecule has 3 heterocycles. The molecule has 1 atom stereocenters. The summed E-state index contributed by atoms with van der Waals surface area (Å²) in [6.45, 7) is 2.61. The molecule has 30 heavy (non-hydrogen) atoms. The number of benzene rings is 2. The van der Waals surface area contributed by atoms with E-state index in [1.165, 1.54) is 0 Å². The number of piperazine rings is 1. The largest absolute Gasteiger partial charge is 0.355 e. The van der Waals surface area contributed by atoms with Crippen molar-refractivity contribution >= 4 is 26.6 Å². The molecule has 1 unspecified atom stereocenters. The van der Waals surface area contributed by atoms with Gasteiger partial charge in [0.25, 0.3) is 5.91 Å². The van der Waals surface area contributed by atoms with Gasteiger partial charge in [0.2, 0.25) is 0 Å². The van der Waals surface area contributed by atoms with Crippen LogP contribution in [0.4, 0.5) is 0 Å². The number of hydrogen-bond donors (Lipinski definition) is 0. The standard InChI is InChI=1S/C22H23N3O4S/c26-22(25-11-9-24(10-12-25)18-8-13-30(27,28)15-18)17-6-7-20-19(14-17)21(29-23-20)16-4-2-1-3-5-16/h1-7,14,18H,8-13,15H2. The average Bonchev–Trinajstić information content (AvgIpc) is 3.36. The minimum absolute atomic E-state index is 0.0178. The molecular weight excluding hydrogens is 402 g/mol. The lowest BCUT2D eigenvalue weighted by Gasteiger charge is -2.37. The zero-order valence-electron chi connectivity index (χ0n) is 16.5. The Hall–Kier alpha value is -2.71. The van der Waals surface area contributed by atoms with Crippen LogP contribution in [-0.4, -0.2) is 73.0 Å². The molecule has 2 aromatic carbocycles. The van der Waals surface area contributed by atoms with Crippen molar-refractivity contribution in [2.75, 3.05) is 37.7 Å². The van der Waals surface area contributed by atoms with Gasteiger partial charge >= 0.3 is 0 Å². The van der Waals surface area contributed by atoms with Gasteiger partial charge in [-0.2, -0.15) is 0 Å². The molecule has 8 heteroatoms.